The van der Waals surface area contributed by atoms with E-state index in [1.807, 2.05) is 30.3 Å². The van der Waals surface area contributed by atoms with Crippen LogP contribution >= 0.6 is 11.8 Å². The van der Waals surface area contributed by atoms with Crippen molar-refractivity contribution in [2.75, 3.05) is 13.1 Å². The van der Waals surface area contributed by atoms with E-state index in [1.165, 1.54) is 18.2 Å². The van der Waals surface area contributed by atoms with Crippen molar-refractivity contribution in [1.29, 1.82) is 0 Å². The molecule has 156 valence electrons. The van der Waals surface area contributed by atoms with Crippen LogP contribution in [-0.2, 0) is 4.79 Å². The zero-order valence-corrected chi connectivity index (χ0v) is 17.0. The van der Waals surface area contributed by atoms with E-state index in [0.717, 1.165) is 22.2 Å². The predicted octanol–water partition coefficient (Wildman–Crippen LogP) is 4.55. The van der Waals surface area contributed by atoms with E-state index in [2.05, 4.69) is 5.32 Å². The summed E-state index contributed by atoms with van der Waals surface area (Å²) in [5, 5.41) is 2.26. The van der Waals surface area contributed by atoms with Gasteiger partial charge in [-0.3, -0.25) is 19.3 Å². The number of carbonyl (C=O) groups is 3. The molecule has 8 heteroatoms. The fourth-order valence-electron chi connectivity index (χ4n) is 2.99. The fraction of sp³-hybridized carbons (Fsp3) is 0.0870. The van der Waals surface area contributed by atoms with Gasteiger partial charge in [0.1, 0.15) is 11.6 Å². The van der Waals surface area contributed by atoms with Crippen molar-refractivity contribution < 1.29 is 23.2 Å². The number of hydrogen-bond donors (Lipinski definition) is 1. The fourth-order valence-corrected chi connectivity index (χ4v) is 3.86. The lowest BCUT2D eigenvalue weighted by atomic mass is 10.2. The summed E-state index contributed by atoms with van der Waals surface area (Å²) in [7, 11) is 0. The van der Waals surface area contributed by atoms with E-state index in [0.29, 0.717) is 16.2 Å². The van der Waals surface area contributed by atoms with Crippen molar-refractivity contribution in [3.63, 3.8) is 0 Å². The number of benzene rings is 2. The standard InChI is InChI=1S/C23H17FN2O4S/c24-17-8-6-16(7-9-17)18-10-11-19(30-18)21(27)25-12-13-26-22(28)20(31-23(26)29)14-15-4-2-1-3-5-15/h1-11,14H,12-13H2,(H,25,27)/b20-14-. The van der Waals surface area contributed by atoms with Gasteiger partial charge in [-0.2, -0.15) is 0 Å². The number of nitrogens with one attached hydrogen (secondary N) is 1. The first kappa shape index (κ1) is 20.6. The van der Waals surface area contributed by atoms with Crippen molar-refractivity contribution in [2.45, 2.75) is 0 Å². The number of carbonyl (C=O) groups excluding carboxylic acids is 3. The van der Waals surface area contributed by atoms with E-state index >= 15 is 0 Å². The summed E-state index contributed by atoms with van der Waals surface area (Å²) < 4.78 is 18.6. The molecule has 0 spiro atoms. The van der Waals surface area contributed by atoms with Gasteiger partial charge in [0, 0.05) is 18.7 Å². The molecule has 3 aromatic rings. The van der Waals surface area contributed by atoms with Crippen LogP contribution in [0.25, 0.3) is 17.4 Å². The highest BCUT2D eigenvalue weighted by Gasteiger charge is 2.34. The Morgan fingerprint density at radius 3 is 2.52 bits per heavy atom. The van der Waals surface area contributed by atoms with Crippen molar-refractivity contribution in [1.82, 2.24) is 10.2 Å². The zero-order chi connectivity index (χ0) is 21.8. The first-order valence-corrected chi connectivity index (χ1v) is 10.3. The number of furan rings is 1. The maximum atomic E-state index is 13.0. The van der Waals surface area contributed by atoms with Crippen molar-refractivity contribution in [2.24, 2.45) is 0 Å². The minimum Gasteiger partial charge on any atom is -0.451 e. The van der Waals surface area contributed by atoms with Crippen LogP contribution in [0.5, 0.6) is 0 Å². The van der Waals surface area contributed by atoms with Gasteiger partial charge in [0.25, 0.3) is 17.1 Å². The van der Waals surface area contributed by atoms with Gasteiger partial charge in [-0.1, -0.05) is 30.3 Å². The molecule has 1 aromatic heterocycles. The summed E-state index contributed by atoms with van der Waals surface area (Å²) in [5.74, 6) is -0.705. The van der Waals surface area contributed by atoms with Crippen molar-refractivity contribution in [3.8, 4) is 11.3 Å². The molecule has 4 rings (SSSR count). The third-order valence-electron chi connectivity index (χ3n) is 4.55. The molecule has 0 radical (unpaired) electrons. The number of thioether (sulfide) groups is 1. The third-order valence-corrected chi connectivity index (χ3v) is 5.46. The monoisotopic (exact) mass is 436 g/mol. The van der Waals surface area contributed by atoms with Crippen LogP contribution in [0.4, 0.5) is 9.18 Å². The lowest BCUT2D eigenvalue weighted by Crippen LogP contribution is -2.37. The SMILES string of the molecule is O=C(NCCN1C(=O)S/C(=C\c2ccccc2)C1=O)c1ccc(-c2ccc(F)cc2)o1. The molecule has 1 aliphatic rings. The molecule has 2 aromatic carbocycles. The molecule has 1 aliphatic heterocycles. The third kappa shape index (κ3) is 4.75. The molecule has 0 bridgehead atoms. The van der Waals surface area contributed by atoms with Crippen LogP contribution < -0.4 is 5.32 Å². The van der Waals surface area contributed by atoms with Crippen LogP contribution in [0.2, 0.25) is 0 Å². The average Bonchev–Trinajstić information content (AvgIpc) is 3.36. The molecule has 0 aliphatic carbocycles. The van der Waals surface area contributed by atoms with Gasteiger partial charge < -0.3 is 9.73 Å². The maximum Gasteiger partial charge on any atom is 0.293 e. The highest BCUT2D eigenvalue weighted by molar-refractivity contribution is 8.18. The molecule has 2 heterocycles. The van der Waals surface area contributed by atoms with Gasteiger partial charge in [-0.05, 0) is 59.8 Å². The number of halogens is 1. The van der Waals surface area contributed by atoms with Crippen LogP contribution in [0.3, 0.4) is 0 Å². The zero-order valence-electron chi connectivity index (χ0n) is 16.2. The second-order valence-electron chi connectivity index (χ2n) is 6.67. The minimum atomic E-state index is -0.472. The molecular weight excluding hydrogens is 419 g/mol. The Bertz CT molecular complexity index is 1160. The molecule has 1 saturated heterocycles. The smallest absolute Gasteiger partial charge is 0.293 e. The lowest BCUT2D eigenvalue weighted by molar-refractivity contribution is -0.122. The number of nitrogens with zero attached hydrogens (tertiary/aromatic N) is 1. The van der Waals surface area contributed by atoms with Gasteiger partial charge in [-0.15, -0.1) is 0 Å². The summed E-state index contributed by atoms with van der Waals surface area (Å²) >= 11 is 0.874. The summed E-state index contributed by atoms with van der Waals surface area (Å²) in [4.78, 5) is 38.5. The quantitative estimate of drug-likeness (QED) is 0.574. The Kier molecular flexibility index (Phi) is 5.99. The summed E-state index contributed by atoms with van der Waals surface area (Å²) in [6, 6.07) is 18.1. The number of imide groups is 1. The Labute approximate surface area is 181 Å². The Morgan fingerprint density at radius 2 is 1.77 bits per heavy atom. The van der Waals surface area contributed by atoms with E-state index in [9.17, 15) is 18.8 Å². The summed E-state index contributed by atoms with van der Waals surface area (Å²) in [5.41, 5.74) is 1.47. The Hall–Kier alpha value is -3.65. The average molecular weight is 436 g/mol. The molecule has 3 amide bonds. The normalized spacial score (nSPS) is 15.0. The molecule has 0 saturated carbocycles. The molecule has 31 heavy (non-hydrogen) atoms. The van der Waals surface area contributed by atoms with Crippen molar-refractivity contribution in [3.05, 3.63) is 88.8 Å². The first-order chi connectivity index (χ1) is 15.0. The van der Waals surface area contributed by atoms with E-state index in [1.54, 1.807) is 24.3 Å². The van der Waals surface area contributed by atoms with E-state index < -0.39 is 5.91 Å². The van der Waals surface area contributed by atoms with Crippen LogP contribution in [0.1, 0.15) is 16.1 Å². The topological polar surface area (TPSA) is 79.6 Å². The summed E-state index contributed by atoms with van der Waals surface area (Å²) in [6.45, 7) is 0.135. The molecule has 1 fully saturated rings. The molecule has 0 atom stereocenters. The van der Waals surface area contributed by atoms with Gasteiger partial charge >= 0.3 is 0 Å². The van der Waals surface area contributed by atoms with Gasteiger partial charge in [0.2, 0.25) is 0 Å². The number of rotatable bonds is 6. The molecule has 1 N–H and O–H groups in total. The van der Waals surface area contributed by atoms with Gasteiger partial charge in [0.15, 0.2) is 5.76 Å². The number of amides is 3. The van der Waals surface area contributed by atoms with E-state index in [4.69, 9.17) is 4.42 Å². The van der Waals surface area contributed by atoms with Crippen molar-refractivity contribution >= 4 is 34.9 Å². The molecule has 0 unspecified atom stereocenters. The lowest BCUT2D eigenvalue weighted by Gasteiger charge is -2.12. The van der Waals surface area contributed by atoms with Crippen LogP contribution in [0.15, 0.2) is 76.1 Å². The summed E-state index contributed by atoms with van der Waals surface area (Å²) in [6.07, 6.45) is 1.67. The Morgan fingerprint density at radius 1 is 1.03 bits per heavy atom. The highest BCUT2D eigenvalue weighted by atomic mass is 32.2. The van der Waals surface area contributed by atoms with Crippen LogP contribution in [-0.4, -0.2) is 35.0 Å². The van der Waals surface area contributed by atoms with Gasteiger partial charge in [-0.25, -0.2) is 4.39 Å². The van der Waals surface area contributed by atoms with Gasteiger partial charge in [0.05, 0.1) is 4.91 Å². The van der Waals surface area contributed by atoms with E-state index in [-0.39, 0.29) is 35.8 Å². The Balaban J connectivity index is 1.33. The second kappa shape index (κ2) is 9.01. The largest absolute Gasteiger partial charge is 0.451 e. The maximum absolute atomic E-state index is 13.0. The first-order valence-electron chi connectivity index (χ1n) is 9.45. The molecular formula is C23H17FN2O4S. The number of hydrogen-bond acceptors (Lipinski definition) is 5. The second-order valence-corrected chi connectivity index (χ2v) is 7.66. The molecule has 6 nitrogen and oxygen atoms in total. The predicted molar refractivity (Wildman–Crippen MR) is 116 cm³/mol. The minimum absolute atomic E-state index is 0.0497. The highest BCUT2D eigenvalue weighted by Crippen LogP contribution is 2.31. The van der Waals surface area contributed by atoms with Crippen LogP contribution in [0, 0.1) is 5.82 Å².